The molecule has 3 nitrogen and oxygen atoms in total. The van der Waals surface area contributed by atoms with Crippen LogP contribution in [-0.4, -0.2) is 36.1 Å². The minimum atomic E-state index is 0.439. The summed E-state index contributed by atoms with van der Waals surface area (Å²) in [4.78, 5) is 5.91. The molecule has 3 rings (SSSR count). The second-order valence-electron chi connectivity index (χ2n) is 5.75. The lowest BCUT2D eigenvalue weighted by Crippen LogP contribution is -2.45. The molecule has 0 aliphatic carbocycles. The number of fused-ring (bicyclic) bond motifs is 1. The SMILES string of the molecule is C=C(C)C[C@@H](c1cccc2[nH]ccc12)N1CCNCC1. The molecule has 1 fully saturated rings. The lowest BCUT2D eigenvalue weighted by molar-refractivity contribution is 0.173. The standard InChI is InChI=1S/C17H23N3/c1-13(2)12-17(20-10-8-18-9-11-20)15-4-3-5-16-14(15)6-7-19-16/h3-7,17-19H,1,8-12H2,2H3/t17-/m0/s1. The second kappa shape index (κ2) is 5.81. The van der Waals surface area contributed by atoms with Crippen LogP contribution >= 0.6 is 0 Å². The minimum absolute atomic E-state index is 0.439. The van der Waals surface area contributed by atoms with Crippen molar-refractivity contribution in [2.24, 2.45) is 0 Å². The van der Waals surface area contributed by atoms with E-state index in [1.165, 1.54) is 22.0 Å². The van der Waals surface area contributed by atoms with Crippen molar-refractivity contribution in [2.45, 2.75) is 19.4 Å². The lowest BCUT2D eigenvalue weighted by Gasteiger charge is -2.35. The lowest BCUT2D eigenvalue weighted by atomic mass is 9.95. The van der Waals surface area contributed by atoms with E-state index in [-0.39, 0.29) is 0 Å². The van der Waals surface area contributed by atoms with E-state index in [2.05, 4.69) is 53.0 Å². The van der Waals surface area contributed by atoms with E-state index in [9.17, 15) is 0 Å². The number of rotatable bonds is 4. The summed E-state index contributed by atoms with van der Waals surface area (Å²) in [5, 5.41) is 4.78. The van der Waals surface area contributed by atoms with Crippen LogP contribution in [0.3, 0.4) is 0 Å². The number of hydrogen-bond acceptors (Lipinski definition) is 2. The largest absolute Gasteiger partial charge is 0.361 e. The third kappa shape index (κ3) is 2.65. The molecule has 0 radical (unpaired) electrons. The van der Waals surface area contributed by atoms with Gasteiger partial charge in [-0.05, 0) is 31.0 Å². The zero-order chi connectivity index (χ0) is 13.9. The summed E-state index contributed by atoms with van der Waals surface area (Å²) in [7, 11) is 0. The number of hydrogen-bond donors (Lipinski definition) is 2. The first-order valence-electron chi connectivity index (χ1n) is 7.41. The van der Waals surface area contributed by atoms with E-state index in [0.717, 1.165) is 32.6 Å². The van der Waals surface area contributed by atoms with Crippen molar-refractivity contribution in [3.63, 3.8) is 0 Å². The summed E-state index contributed by atoms with van der Waals surface area (Å²) >= 11 is 0. The summed E-state index contributed by atoms with van der Waals surface area (Å²) in [5.74, 6) is 0. The zero-order valence-electron chi connectivity index (χ0n) is 12.2. The van der Waals surface area contributed by atoms with E-state index < -0.39 is 0 Å². The number of aromatic amines is 1. The quantitative estimate of drug-likeness (QED) is 0.836. The highest BCUT2D eigenvalue weighted by molar-refractivity contribution is 5.83. The maximum Gasteiger partial charge on any atom is 0.0457 e. The van der Waals surface area contributed by atoms with Crippen molar-refractivity contribution < 1.29 is 0 Å². The summed E-state index contributed by atoms with van der Waals surface area (Å²) in [6, 6.07) is 9.20. The Kier molecular flexibility index (Phi) is 3.90. The van der Waals surface area contributed by atoms with Gasteiger partial charge in [0, 0.05) is 49.3 Å². The number of piperazine rings is 1. The normalized spacial score (nSPS) is 18.2. The maximum atomic E-state index is 4.13. The highest BCUT2D eigenvalue weighted by Gasteiger charge is 2.23. The molecule has 0 unspecified atom stereocenters. The summed E-state index contributed by atoms with van der Waals surface area (Å²) in [6.07, 6.45) is 3.06. The Morgan fingerprint density at radius 2 is 2.10 bits per heavy atom. The van der Waals surface area contributed by atoms with E-state index in [1.54, 1.807) is 0 Å². The Labute approximate surface area is 120 Å². The monoisotopic (exact) mass is 269 g/mol. The van der Waals surface area contributed by atoms with Gasteiger partial charge in [0.2, 0.25) is 0 Å². The number of H-pyrrole nitrogens is 1. The van der Waals surface area contributed by atoms with Crippen LogP contribution in [0.15, 0.2) is 42.6 Å². The molecule has 0 saturated carbocycles. The van der Waals surface area contributed by atoms with Crippen LogP contribution in [0.4, 0.5) is 0 Å². The number of benzene rings is 1. The van der Waals surface area contributed by atoms with Gasteiger partial charge in [-0.2, -0.15) is 0 Å². The molecule has 0 bridgehead atoms. The van der Waals surface area contributed by atoms with Gasteiger partial charge in [-0.25, -0.2) is 0 Å². The fraction of sp³-hybridized carbons (Fsp3) is 0.412. The Bertz CT molecular complexity index is 593. The van der Waals surface area contributed by atoms with Crippen LogP contribution in [0.5, 0.6) is 0 Å². The molecular weight excluding hydrogens is 246 g/mol. The maximum absolute atomic E-state index is 4.13. The zero-order valence-corrected chi connectivity index (χ0v) is 12.2. The van der Waals surface area contributed by atoms with Crippen LogP contribution in [-0.2, 0) is 0 Å². The van der Waals surface area contributed by atoms with Crippen LogP contribution in [0.1, 0.15) is 24.9 Å². The number of nitrogens with one attached hydrogen (secondary N) is 2. The molecule has 1 saturated heterocycles. The van der Waals surface area contributed by atoms with Crippen molar-refractivity contribution >= 4 is 10.9 Å². The molecule has 1 aliphatic rings. The van der Waals surface area contributed by atoms with Crippen molar-refractivity contribution in [1.82, 2.24) is 15.2 Å². The molecule has 20 heavy (non-hydrogen) atoms. The van der Waals surface area contributed by atoms with Crippen LogP contribution in [0, 0.1) is 0 Å². The molecule has 1 atom stereocenters. The minimum Gasteiger partial charge on any atom is -0.361 e. The highest BCUT2D eigenvalue weighted by Crippen LogP contribution is 2.32. The first-order valence-corrected chi connectivity index (χ1v) is 7.41. The first kappa shape index (κ1) is 13.4. The Hall–Kier alpha value is -1.58. The highest BCUT2D eigenvalue weighted by atomic mass is 15.2. The predicted octanol–water partition coefficient (Wildman–Crippen LogP) is 3.08. The Balaban J connectivity index is 1.99. The molecule has 1 aliphatic heterocycles. The molecule has 0 amide bonds. The average Bonchev–Trinajstić information content (AvgIpc) is 2.94. The van der Waals surface area contributed by atoms with E-state index in [1.807, 2.05) is 6.20 Å². The molecule has 0 spiro atoms. The third-order valence-electron chi connectivity index (χ3n) is 4.12. The first-order chi connectivity index (χ1) is 9.75. The van der Waals surface area contributed by atoms with Gasteiger partial charge < -0.3 is 10.3 Å². The van der Waals surface area contributed by atoms with E-state index in [4.69, 9.17) is 0 Å². The van der Waals surface area contributed by atoms with Crippen LogP contribution in [0.2, 0.25) is 0 Å². The van der Waals surface area contributed by atoms with Crippen molar-refractivity contribution in [3.05, 3.63) is 48.2 Å². The summed E-state index contributed by atoms with van der Waals surface area (Å²) < 4.78 is 0. The Morgan fingerprint density at radius 1 is 1.30 bits per heavy atom. The van der Waals surface area contributed by atoms with Gasteiger partial charge in [-0.3, -0.25) is 4.90 Å². The molecule has 106 valence electrons. The molecule has 2 aromatic rings. The van der Waals surface area contributed by atoms with Gasteiger partial charge in [0.25, 0.3) is 0 Å². The molecule has 2 heterocycles. The number of nitrogens with zero attached hydrogens (tertiary/aromatic N) is 1. The topological polar surface area (TPSA) is 31.1 Å². The molecule has 3 heteroatoms. The molecular formula is C17H23N3. The Morgan fingerprint density at radius 3 is 2.85 bits per heavy atom. The van der Waals surface area contributed by atoms with Crippen LogP contribution < -0.4 is 5.32 Å². The van der Waals surface area contributed by atoms with Gasteiger partial charge in [0.15, 0.2) is 0 Å². The summed E-state index contributed by atoms with van der Waals surface area (Å²) in [5.41, 5.74) is 3.90. The fourth-order valence-electron chi connectivity index (χ4n) is 3.16. The molecule has 1 aromatic carbocycles. The fourth-order valence-corrected chi connectivity index (χ4v) is 3.16. The molecule has 2 N–H and O–H groups in total. The predicted molar refractivity (Wildman–Crippen MR) is 84.9 cm³/mol. The summed E-state index contributed by atoms with van der Waals surface area (Å²) in [6.45, 7) is 10.6. The van der Waals surface area contributed by atoms with Crippen molar-refractivity contribution in [2.75, 3.05) is 26.2 Å². The van der Waals surface area contributed by atoms with Gasteiger partial charge in [-0.1, -0.05) is 17.7 Å². The second-order valence-corrected chi connectivity index (χ2v) is 5.75. The smallest absolute Gasteiger partial charge is 0.0457 e. The number of aromatic nitrogens is 1. The van der Waals surface area contributed by atoms with Gasteiger partial charge in [0.05, 0.1) is 0 Å². The van der Waals surface area contributed by atoms with Crippen LogP contribution in [0.25, 0.3) is 10.9 Å². The third-order valence-corrected chi connectivity index (χ3v) is 4.12. The van der Waals surface area contributed by atoms with Crippen molar-refractivity contribution in [3.8, 4) is 0 Å². The van der Waals surface area contributed by atoms with E-state index in [0.29, 0.717) is 6.04 Å². The van der Waals surface area contributed by atoms with Gasteiger partial charge >= 0.3 is 0 Å². The van der Waals surface area contributed by atoms with Gasteiger partial charge in [0.1, 0.15) is 0 Å². The molecule has 1 aromatic heterocycles. The average molecular weight is 269 g/mol. The van der Waals surface area contributed by atoms with Crippen molar-refractivity contribution in [1.29, 1.82) is 0 Å². The van der Waals surface area contributed by atoms with Gasteiger partial charge in [-0.15, -0.1) is 6.58 Å². The van der Waals surface area contributed by atoms with E-state index >= 15 is 0 Å².